The van der Waals surface area contributed by atoms with Crippen LogP contribution in [0.25, 0.3) is 5.57 Å². The van der Waals surface area contributed by atoms with Crippen LogP contribution in [0.4, 0.5) is 4.39 Å². The number of carbonyl (C=O) groups excluding carboxylic acids is 1. The van der Waals surface area contributed by atoms with Crippen LogP contribution in [0.1, 0.15) is 19.4 Å². The van der Waals surface area contributed by atoms with E-state index in [9.17, 15) is 14.3 Å². The standard InChI is InChI=1S/C14H17FO3/c1-4-18-14(17)13(16)10(3)9(2)11-5-7-12(15)8-6-11/h5-8,10,13,16H,2,4H2,1,3H3/t10-,13-/m1/s1. The second-order valence-corrected chi connectivity index (χ2v) is 4.02. The lowest BCUT2D eigenvalue weighted by Crippen LogP contribution is -2.30. The minimum atomic E-state index is -1.26. The fraction of sp³-hybridized carbons (Fsp3) is 0.357. The van der Waals surface area contributed by atoms with E-state index in [1.165, 1.54) is 12.1 Å². The molecule has 0 heterocycles. The number of aliphatic hydroxyl groups excluding tert-OH is 1. The lowest BCUT2D eigenvalue weighted by atomic mass is 9.91. The summed E-state index contributed by atoms with van der Waals surface area (Å²) in [7, 11) is 0. The van der Waals surface area contributed by atoms with Crippen molar-refractivity contribution < 1.29 is 19.0 Å². The predicted molar refractivity (Wildman–Crippen MR) is 67.2 cm³/mol. The van der Waals surface area contributed by atoms with Crippen LogP contribution in [0.5, 0.6) is 0 Å². The number of esters is 1. The number of rotatable bonds is 5. The van der Waals surface area contributed by atoms with Crippen molar-refractivity contribution in [1.82, 2.24) is 0 Å². The van der Waals surface area contributed by atoms with E-state index < -0.39 is 18.0 Å². The normalized spacial score (nSPS) is 13.8. The first-order valence-electron chi connectivity index (χ1n) is 5.76. The summed E-state index contributed by atoms with van der Waals surface area (Å²) in [6.07, 6.45) is -1.26. The van der Waals surface area contributed by atoms with E-state index in [1.807, 2.05) is 0 Å². The van der Waals surface area contributed by atoms with Gasteiger partial charge >= 0.3 is 5.97 Å². The van der Waals surface area contributed by atoms with Crippen molar-refractivity contribution >= 4 is 11.5 Å². The molecule has 0 aliphatic rings. The molecule has 0 aliphatic carbocycles. The Balaban J connectivity index is 2.77. The molecule has 18 heavy (non-hydrogen) atoms. The summed E-state index contributed by atoms with van der Waals surface area (Å²) in [5.74, 6) is -1.51. The SMILES string of the molecule is C=C(c1ccc(F)cc1)[C@@H](C)[C@@H](O)C(=O)OCC. The van der Waals surface area contributed by atoms with Crippen LogP contribution >= 0.6 is 0 Å². The van der Waals surface area contributed by atoms with Crippen LogP contribution in [-0.4, -0.2) is 23.8 Å². The smallest absolute Gasteiger partial charge is 0.335 e. The molecular weight excluding hydrogens is 235 g/mol. The molecule has 1 aromatic carbocycles. The average Bonchev–Trinajstić information content (AvgIpc) is 2.37. The molecule has 0 amide bonds. The molecule has 0 aromatic heterocycles. The first-order chi connectivity index (χ1) is 8.47. The monoisotopic (exact) mass is 252 g/mol. The maximum Gasteiger partial charge on any atom is 0.335 e. The number of carbonyl (C=O) groups is 1. The summed E-state index contributed by atoms with van der Waals surface area (Å²) in [5.41, 5.74) is 1.25. The third-order valence-corrected chi connectivity index (χ3v) is 2.77. The Morgan fingerprint density at radius 1 is 1.44 bits per heavy atom. The third-order valence-electron chi connectivity index (χ3n) is 2.77. The summed E-state index contributed by atoms with van der Waals surface area (Å²) >= 11 is 0. The second-order valence-electron chi connectivity index (χ2n) is 4.02. The number of ether oxygens (including phenoxy) is 1. The summed E-state index contributed by atoms with van der Waals surface area (Å²) in [5, 5.41) is 9.79. The largest absolute Gasteiger partial charge is 0.464 e. The van der Waals surface area contributed by atoms with Crippen LogP contribution in [0, 0.1) is 11.7 Å². The van der Waals surface area contributed by atoms with Crippen molar-refractivity contribution in [3.63, 3.8) is 0 Å². The highest BCUT2D eigenvalue weighted by atomic mass is 19.1. The molecular formula is C14H17FO3. The Kier molecular flexibility index (Phi) is 5.04. The number of hydrogen-bond acceptors (Lipinski definition) is 3. The number of benzene rings is 1. The maximum atomic E-state index is 12.8. The number of aliphatic hydroxyl groups is 1. The van der Waals surface area contributed by atoms with Gasteiger partial charge in [-0.1, -0.05) is 25.6 Å². The molecule has 1 rings (SSSR count). The Labute approximate surface area is 106 Å². The van der Waals surface area contributed by atoms with Crippen LogP contribution in [0.3, 0.4) is 0 Å². The zero-order chi connectivity index (χ0) is 13.7. The second kappa shape index (κ2) is 6.31. The van der Waals surface area contributed by atoms with Gasteiger partial charge in [0.05, 0.1) is 6.61 Å². The van der Waals surface area contributed by atoms with E-state index in [1.54, 1.807) is 26.0 Å². The van der Waals surface area contributed by atoms with Gasteiger partial charge in [-0.3, -0.25) is 0 Å². The molecule has 0 spiro atoms. The van der Waals surface area contributed by atoms with Crippen molar-refractivity contribution in [2.24, 2.45) is 5.92 Å². The van der Waals surface area contributed by atoms with E-state index in [4.69, 9.17) is 4.74 Å². The highest BCUT2D eigenvalue weighted by Gasteiger charge is 2.26. The Hall–Kier alpha value is -1.68. The Morgan fingerprint density at radius 3 is 2.50 bits per heavy atom. The van der Waals surface area contributed by atoms with Crippen LogP contribution in [-0.2, 0) is 9.53 Å². The van der Waals surface area contributed by atoms with Crippen LogP contribution < -0.4 is 0 Å². The van der Waals surface area contributed by atoms with Crippen molar-refractivity contribution in [2.45, 2.75) is 20.0 Å². The lowest BCUT2D eigenvalue weighted by Gasteiger charge is -2.19. The van der Waals surface area contributed by atoms with Gasteiger partial charge in [-0.15, -0.1) is 0 Å². The summed E-state index contributed by atoms with van der Waals surface area (Å²) < 4.78 is 17.5. The molecule has 0 bridgehead atoms. The average molecular weight is 252 g/mol. The van der Waals surface area contributed by atoms with Gasteiger partial charge < -0.3 is 9.84 Å². The van der Waals surface area contributed by atoms with Gasteiger partial charge in [0.1, 0.15) is 5.82 Å². The molecule has 0 fully saturated rings. The highest BCUT2D eigenvalue weighted by Crippen LogP contribution is 2.24. The third kappa shape index (κ3) is 3.40. The van der Waals surface area contributed by atoms with Gasteiger partial charge in [0.2, 0.25) is 0 Å². The quantitative estimate of drug-likeness (QED) is 0.818. The number of halogens is 1. The summed E-state index contributed by atoms with van der Waals surface area (Å²) in [6, 6.07) is 5.74. The van der Waals surface area contributed by atoms with Crippen LogP contribution in [0.15, 0.2) is 30.8 Å². The van der Waals surface area contributed by atoms with E-state index in [0.29, 0.717) is 11.1 Å². The molecule has 0 unspecified atom stereocenters. The Morgan fingerprint density at radius 2 is 2.00 bits per heavy atom. The van der Waals surface area contributed by atoms with Crippen molar-refractivity contribution in [3.8, 4) is 0 Å². The minimum absolute atomic E-state index is 0.214. The Bertz CT molecular complexity index is 425. The van der Waals surface area contributed by atoms with Crippen LogP contribution in [0.2, 0.25) is 0 Å². The molecule has 0 radical (unpaired) electrons. The minimum Gasteiger partial charge on any atom is -0.464 e. The molecule has 0 saturated carbocycles. The van der Waals surface area contributed by atoms with Gasteiger partial charge in [-0.05, 0) is 30.2 Å². The first kappa shape index (κ1) is 14.4. The van der Waals surface area contributed by atoms with Gasteiger partial charge in [-0.2, -0.15) is 0 Å². The van der Waals surface area contributed by atoms with Crippen molar-refractivity contribution in [2.75, 3.05) is 6.61 Å². The highest BCUT2D eigenvalue weighted by molar-refractivity contribution is 5.79. The predicted octanol–water partition coefficient (Wildman–Crippen LogP) is 2.40. The van der Waals surface area contributed by atoms with Gasteiger partial charge in [0.15, 0.2) is 6.10 Å². The molecule has 0 aliphatic heterocycles. The molecule has 1 aromatic rings. The lowest BCUT2D eigenvalue weighted by molar-refractivity contribution is -0.154. The summed E-state index contributed by atoms with van der Waals surface area (Å²) in [6.45, 7) is 7.39. The fourth-order valence-electron chi connectivity index (χ4n) is 1.55. The maximum absolute atomic E-state index is 12.8. The summed E-state index contributed by atoms with van der Waals surface area (Å²) in [4.78, 5) is 11.4. The molecule has 4 heteroatoms. The van der Waals surface area contributed by atoms with Crippen molar-refractivity contribution in [1.29, 1.82) is 0 Å². The van der Waals surface area contributed by atoms with Crippen molar-refractivity contribution in [3.05, 3.63) is 42.2 Å². The van der Waals surface area contributed by atoms with Gasteiger partial charge in [0.25, 0.3) is 0 Å². The zero-order valence-corrected chi connectivity index (χ0v) is 10.5. The van der Waals surface area contributed by atoms with Gasteiger partial charge in [-0.25, -0.2) is 9.18 Å². The van der Waals surface area contributed by atoms with Gasteiger partial charge in [0, 0.05) is 5.92 Å². The fourth-order valence-corrected chi connectivity index (χ4v) is 1.55. The topological polar surface area (TPSA) is 46.5 Å². The van der Waals surface area contributed by atoms with E-state index >= 15 is 0 Å². The van der Waals surface area contributed by atoms with E-state index in [-0.39, 0.29) is 12.4 Å². The van der Waals surface area contributed by atoms with E-state index in [0.717, 1.165) is 0 Å². The molecule has 98 valence electrons. The molecule has 0 saturated heterocycles. The molecule has 3 nitrogen and oxygen atoms in total. The number of hydrogen-bond donors (Lipinski definition) is 1. The molecule has 1 N–H and O–H groups in total. The zero-order valence-electron chi connectivity index (χ0n) is 10.5. The first-order valence-corrected chi connectivity index (χ1v) is 5.76. The van der Waals surface area contributed by atoms with E-state index in [2.05, 4.69) is 6.58 Å². The molecule has 2 atom stereocenters.